The van der Waals surface area contributed by atoms with Crippen LogP contribution in [0, 0.1) is 11.7 Å². The summed E-state index contributed by atoms with van der Waals surface area (Å²) >= 11 is 0. The van der Waals surface area contributed by atoms with E-state index >= 15 is 0 Å². The molecule has 0 aromatic heterocycles. The van der Waals surface area contributed by atoms with Gasteiger partial charge in [-0.15, -0.1) is 0 Å². The van der Waals surface area contributed by atoms with Crippen LogP contribution in [-0.2, 0) is 14.8 Å². The van der Waals surface area contributed by atoms with Gasteiger partial charge in [0.25, 0.3) is 10.0 Å². The minimum atomic E-state index is -5.08. The third kappa shape index (κ3) is 7.33. The van der Waals surface area contributed by atoms with E-state index in [-0.39, 0.29) is 16.1 Å². The van der Waals surface area contributed by atoms with Crippen molar-refractivity contribution in [2.45, 2.75) is 30.8 Å². The van der Waals surface area contributed by atoms with Gasteiger partial charge in [0.15, 0.2) is 0 Å². The number of carboxylic acids is 2. The van der Waals surface area contributed by atoms with Crippen molar-refractivity contribution in [2.24, 2.45) is 5.92 Å². The number of alkyl halides is 3. The molecule has 34 heavy (non-hydrogen) atoms. The smallest absolute Gasteiger partial charge is 0.478 e. The van der Waals surface area contributed by atoms with Gasteiger partial charge in [0.1, 0.15) is 5.82 Å². The summed E-state index contributed by atoms with van der Waals surface area (Å²) in [5, 5.41) is 16.4. The summed E-state index contributed by atoms with van der Waals surface area (Å²) in [6, 6.07) is 9.05. The lowest BCUT2D eigenvalue weighted by atomic mass is 9.99. The van der Waals surface area contributed by atoms with Crippen LogP contribution in [0.5, 0.6) is 0 Å². The molecule has 0 saturated carbocycles. The Labute approximate surface area is 192 Å². The molecular formula is C21H22F4N2O6S. The Bertz CT molecular complexity index is 1150. The van der Waals surface area contributed by atoms with Gasteiger partial charge >= 0.3 is 18.1 Å². The van der Waals surface area contributed by atoms with Gasteiger partial charge in [0.2, 0.25) is 0 Å². The zero-order valence-electron chi connectivity index (χ0n) is 17.8. The Balaban J connectivity index is 0.000000509. The maximum atomic E-state index is 13.4. The van der Waals surface area contributed by atoms with Crippen LogP contribution in [0.15, 0.2) is 47.4 Å². The summed E-state index contributed by atoms with van der Waals surface area (Å²) in [7, 11) is -4.06. The number of rotatable bonds is 5. The van der Waals surface area contributed by atoms with Crippen LogP contribution in [0.3, 0.4) is 0 Å². The number of sulfonamides is 1. The summed E-state index contributed by atoms with van der Waals surface area (Å²) in [5.74, 6) is -4.12. The fraction of sp³-hybridized carbons (Fsp3) is 0.333. The Kier molecular flexibility index (Phi) is 8.48. The zero-order chi connectivity index (χ0) is 25.7. The molecule has 0 spiro atoms. The SMILES string of the molecule is CC1CCCN(c2ccc(C(=O)O)cc2NS(=O)(=O)c2cccc(F)c2)C1.O=C(O)C(F)(F)F. The fourth-order valence-corrected chi connectivity index (χ4v) is 4.37. The fourth-order valence-electron chi connectivity index (χ4n) is 3.27. The van der Waals surface area contributed by atoms with Crippen LogP contribution in [0.2, 0.25) is 0 Å². The van der Waals surface area contributed by atoms with Crippen molar-refractivity contribution in [1.29, 1.82) is 0 Å². The maximum Gasteiger partial charge on any atom is 0.490 e. The van der Waals surface area contributed by atoms with Gasteiger partial charge in [-0.1, -0.05) is 13.0 Å². The number of nitrogens with one attached hydrogen (secondary N) is 1. The van der Waals surface area contributed by atoms with E-state index in [1.54, 1.807) is 6.07 Å². The van der Waals surface area contributed by atoms with E-state index in [0.29, 0.717) is 11.6 Å². The third-order valence-electron chi connectivity index (χ3n) is 4.83. The van der Waals surface area contributed by atoms with Crippen molar-refractivity contribution in [3.63, 3.8) is 0 Å². The van der Waals surface area contributed by atoms with Crippen LogP contribution >= 0.6 is 0 Å². The van der Waals surface area contributed by atoms with Crippen LogP contribution in [-0.4, -0.2) is 49.8 Å². The van der Waals surface area contributed by atoms with Crippen LogP contribution in [0.1, 0.15) is 30.1 Å². The first-order chi connectivity index (χ1) is 15.7. The Morgan fingerprint density at radius 3 is 2.29 bits per heavy atom. The highest BCUT2D eigenvalue weighted by Crippen LogP contribution is 2.32. The molecule has 1 saturated heterocycles. The molecule has 0 amide bonds. The Morgan fingerprint density at radius 2 is 1.76 bits per heavy atom. The second-order valence-corrected chi connectivity index (χ2v) is 9.28. The first-order valence-electron chi connectivity index (χ1n) is 9.91. The lowest BCUT2D eigenvalue weighted by Crippen LogP contribution is -2.35. The number of anilines is 2. The van der Waals surface area contributed by atoms with Crippen molar-refractivity contribution in [3.8, 4) is 0 Å². The number of nitrogens with zero attached hydrogens (tertiary/aromatic N) is 1. The normalized spacial score (nSPS) is 16.3. The topological polar surface area (TPSA) is 124 Å². The monoisotopic (exact) mass is 506 g/mol. The van der Waals surface area contributed by atoms with Gasteiger partial charge in [-0.3, -0.25) is 4.72 Å². The van der Waals surface area contributed by atoms with Gasteiger partial charge in [-0.05, 0) is 55.2 Å². The standard InChI is InChI=1S/C19H21FN2O4S.C2HF3O2/c1-13-4-3-9-22(12-13)18-8-7-14(19(23)24)10-17(18)21-27(25,26)16-6-2-5-15(20)11-16;3-2(4,5)1(6)7/h2,5-8,10-11,13,21H,3-4,9,12H2,1H3,(H,23,24);(H,6,7). The average molecular weight is 506 g/mol. The Morgan fingerprint density at radius 1 is 1.12 bits per heavy atom. The number of hydrogen-bond donors (Lipinski definition) is 3. The maximum absolute atomic E-state index is 13.4. The molecule has 1 atom stereocenters. The van der Waals surface area contributed by atoms with Crippen molar-refractivity contribution in [2.75, 3.05) is 22.7 Å². The second-order valence-electron chi connectivity index (χ2n) is 7.60. The number of carboxylic acid groups (broad SMARTS) is 2. The highest BCUT2D eigenvalue weighted by atomic mass is 32.2. The van der Waals surface area contributed by atoms with Crippen molar-refractivity contribution in [3.05, 3.63) is 53.8 Å². The zero-order valence-corrected chi connectivity index (χ0v) is 18.7. The average Bonchev–Trinajstić information content (AvgIpc) is 2.73. The number of halogens is 4. The molecule has 2 aromatic carbocycles. The number of aromatic carboxylic acids is 1. The molecule has 0 radical (unpaired) electrons. The largest absolute Gasteiger partial charge is 0.490 e. The van der Waals surface area contributed by atoms with Crippen LogP contribution in [0.25, 0.3) is 0 Å². The van der Waals surface area contributed by atoms with Gasteiger partial charge in [-0.2, -0.15) is 13.2 Å². The molecule has 3 N–H and O–H groups in total. The van der Waals surface area contributed by atoms with E-state index in [1.165, 1.54) is 24.3 Å². The number of benzene rings is 2. The van der Waals surface area contributed by atoms with Gasteiger partial charge in [0, 0.05) is 13.1 Å². The molecule has 0 bridgehead atoms. The molecule has 13 heteroatoms. The van der Waals surface area contributed by atoms with E-state index in [0.717, 1.165) is 38.1 Å². The molecule has 3 rings (SSSR count). The van der Waals surface area contributed by atoms with E-state index < -0.39 is 34.0 Å². The molecule has 186 valence electrons. The molecule has 1 aliphatic rings. The van der Waals surface area contributed by atoms with Crippen molar-refractivity contribution in [1.82, 2.24) is 0 Å². The number of aliphatic carboxylic acids is 1. The van der Waals surface area contributed by atoms with E-state index in [4.69, 9.17) is 9.90 Å². The summed E-state index contributed by atoms with van der Waals surface area (Å²) in [6.07, 6.45) is -3.02. The van der Waals surface area contributed by atoms with E-state index in [9.17, 15) is 35.9 Å². The van der Waals surface area contributed by atoms with Crippen LogP contribution < -0.4 is 9.62 Å². The molecule has 2 aromatic rings. The summed E-state index contributed by atoms with van der Waals surface area (Å²) < 4.78 is 73.0. The predicted octanol–water partition coefficient (Wildman–Crippen LogP) is 4.19. The number of carbonyl (C=O) groups is 2. The molecule has 0 aliphatic carbocycles. The Hall–Kier alpha value is -3.35. The number of piperidine rings is 1. The predicted molar refractivity (Wildman–Crippen MR) is 115 cm³/mol. The third-order valence-corrected chi connectivity index (χ3v) is 6.20. The molecular weight excluding hydrogens is 484 g/mol. The quantitative estimate of drug-likeness (QED) is 0.520. The van der Waals surface area contributed by atoms with Crippen molar-refractivity contribution >= 4 is 33.3 Å². The lowest BCUT2D eigenvalue weighted by molar-refractivity contribution is -0.192. The summed E-state index contributed by atoms with van der Waals surface area (Å²) in [5.41, 5.74) is 0.764. The minimum absolute atomic E-state index is 0.0271. The summed E-state index contributed by atoms with van der Waals surface area (Å²) in [4.78, 5) is 22.1. The lowest BCUT2D eigenvalue weighted by Gasteiger charge is -2.34. The first kappa shape index (κ1) is 26.9. The summed E-state index contributed by atoms with van der Waals surface area (Å²) in [6.45, 7) is 3.63. The molecule has 1 heterocycles. The minimum Gasteiger partial charge on any atom is -0.478 e. The van der Waals surface area contributed by atoms with E-state index in [2.05, 4.69) is 11.6 Å². The molecule has 1 fully saturated rings. The van der Waals surface area contributed by atoms with Crippen LogP contribution in [0.4, 0.5) is 28.9 Å². The molecule has 1 unspecified atom stereocenters. The van der Waals surface area contributed by atoms with Gasteiger partial charge in [0.05, 0.1) is 21.8 Å². The van der Waals surface area contributed by atoms with Crippen molar-refractivity contribution < 1.29 is 45.8 Å². The second kappa shape index (κ2) is 10.7. The highest BCUT2D eigenvalue weighted by Gasteiger charge is 2.38. The van der Waals surface area contributed by atoms with Gasteiger partial charge in [-0.25, -0.2) is 22.4 Å². The highest BCUT2D eigenvalue weighted by molar-refractivity contribution is 7.92. The van der Waals surface area contributed by atoms with E-state index in [1.807, 2.05) is 4.90 Å². The molecule has 8 nitrogen and oxygen atoms in total. The first-order valence-corrected chi connectivity index (χ1v) is 11.4. The van der Waals surface area contributed by atoms with Gasteiger partial charge < -0.3 is 15.1 Å². The molecule has 1 aliphatic heterocycles. The number of hydrogen-bond acceptors (Lipinski definition) is 5.